The van der Waals surface area contributed by atoms with Gasteiger partial charge in [0.05, 0.1) is 6.61 Å². The Morgan fingerprint density at radius 1 is 1.33 bits per heavy atom. The molecule has 1 aliphatic rings. The number of morpholine rings is 1. The summed E-state index contributed by atoms with van der Waals surface area (Å²) in [6, 6.07) is 8.07. The van der Waals surface area contributed by atoms with Crippen LogP contribution in [-0.4, -0.2) is 25.5 Å². The van der Waals surface area contributed by atoms with Crippen molar-refractivity contribution < 1.29 is 9.53 Å². The molecular weight excluding hydrogens is 226 g/mol. The Kier molecular flexibility index (Phi) is 3.83. The zero-order chi connectivity index (χ0) is 13.2. The molecule has 0 aromatic heterocycles. The normalized spacial score (nSPS) is 24.2. The maximum atomic E-state index is 12.5. The SMILES string of the molecule is Cc1ccc(C2(C(=O)C(C)C)CNCCO2)cc1. The third kappa shape index (κ3) is 2.33. The van der Waals surface area contributed by atoms with Crippen LogP contribution in [0.1, 0.15) is 25.0 Å². The fourth-order valence-corrected chi connectivity index (χ4v) is 2.39. The topological polar surface area (TPSA) is 38.3 Å². The molecular formula is C15H21NO2. The first-order valence-corrected chi connectivity index (χ1v) is 6.52. The van der Waals surface area contributed by atoms with E-state index in [0.717, 1.165) is 12.1 Å². The zero-order valence-corrected chi connectivity index (χ0v) is 11.3. The first kappa shape index (κ1) is 13.2. The van der Waals surface area contributed by atoms with Crippen LogP contribution in [0, 0.1) is 12.8 Å². The summed E-state index contributed by atoms with van der Waals surface area (Å²) in [4.78, 5) is 12.5. The second kappa shape index (κ2) is 5.21. The van der Waals surface area contributed by atoms with Gasteiger partial charge in [0, 0.05) is 19.0 Å². The van der Waals surface area contributed by atoms with Crippen molar-refractivity contribution in [1.82, 2.24) is 5.32 Å². The third-order valence-corrected chi connectivity index (χ3v) is 3.44. The van der Waals surface area contributed by atoms with Crippen LogP contribution < -0.4 is 5.32 Å². The number of nitrogens with one attached hydrogen (secondary N) is 1. The molecule has 1 atom stereocenters. The molecule has 0 saturated carbocycles. The van der Waals surface area contributed by atoms with Gasteiger partial charge in [0.15, 0.2) is 11.4 Å². The summed E-state index contributed by atoms with van der Waals surface area (Å²) in [6.45, 7) is 7.84. The molecule has 1 fully saturated rings. The molecule has 1 unspecified atom stereocenters. The molecule has 0 aliphatic carbocycles. The van der Waals surface area contributed by atoms with Gasteiger partial charge in [0.2, 0.25) is 0 Å². The van der Waals surface area contributed by atoms with Gasteiger partial charge in [-0.05, 0) is 12.5 Å². The molecule has 0 amide bonds. The summed E-state index contributed by atoms with van der Waals surface area (Å²) < 4.78 is 5.90. The third-order valence-electron chi connectivity index (χ3n) is 3.44. The van der Waals surface area contributed by atoms with Crippen molar-refractivity contribution in [3.8, 4) is 0 Å². The van der Waals surface area contributed by atoms with Crippen molar-refractivity contribution in [3.63, 3.8) is 0 Å². The molecule has 98 valence electrons. The lowest BCUT2D eigenvalue weighted by Gasteiger charge is -2.38. The summed E-state index contributed by atoms with van der Waals surface area (Å²) in [5.74, 6) is 0.116. The lowest BCUT2D eigenvalue weighted by molar-refractivity contribution is -0.153. The van der Waals surface area contributed by atoms with Gasteiger partial charge in [0.25, 0.3) is 0 Å². The molecule has 3 heteroatoms. The van der Waals surface area contributed by atoms with Crippen molar-refractivity contribution in [1.29, 1.82) is 0 Å². The van der Waals surface area contributed by atoms with Crippen molar-refractivity contribution >= 4 is 5.78 Å². The molecule has 1 aliphatic heterocycles. The van der Waals surface area contributed by atoms with Crippen LogP contribution in [0.25, 0.3) is 0 Å². The lowest BCUT2D eigenvalue weighted by atomic mass is 9.83. The summed E-state index contributed by atoms with van der Waals surface area (Å²) in [5, 5.41) is 3.28. The van der Waals surface area contributed by atoms with Gasteiger partial charge in [0.1, 0.15) is 0 Å². The smallest absolute Gasteiger partial charge is 0.173 e. The molecule has 1 heterocycles. The van der Waals surface area contributed by atoms with Crippen LogP contribution >= 0.6 is 0 Å². The number of carbonyl (C=O) groups is 1. The van der Waals surface area contributed by atoms with E-state index in [0.29, 0.717) is 13.2 Å². The summed E-state index contributed by atoms with van der Waals surface area (Å²) in [5.41, 5.74) is 1.34. The van der Waals surface area contributed by atoms with Crippen LogP contribution in [0.4, 0.5) is 0 Å². The van der Waals surface area contributed by atoms with Crippen molar-refractivity contribution in [2.45, 2.75) is 26.4 Å². The van der Waals surface area contributed by atoms with E-state index in [1.165, 1.54) is 5.56 Å². The second-order valence-corrected chi connectivity index (χ2v) is 5.24. The predicted molar refractivity (Wildman–Crippen MR) is 71.5 cm³/mol. The van der Waals surface area contributed by atoms with Gasteiger partial charge in [-0.15, -0.1) is 0 Å². The Morgan fingerprint density at radius 2 is 2.00 bits per heavy atom. The molecule has 1 aromatic rings. The number of benzene rings is 1. The van der Waals surface area contributed by atoms with E-state index < -0.39 is 5.60 Å². The largest absolute Gasteiger partial charge is 0.360 e. The second-order valence-electron chi connectivity index (χ2n) is 5.24. The van der Waals surface area contributed by atoms with Crippen LogP contribution in [0.3, 0.4) is 0 Å². The molecule has 3 nitrogen and oxygen atoms in total. The monoisotopic (exact) mass is 247 g/mol. The van der Waals surface area contributed by atoms with Gasteiger partial charge in [-0.3, -0.25) is 4.79 Å². The van der Waals surface area contributed by atoms with Crippen molar-refractivity contribution in [3.05, 3.63) is 35.4 Å². The summed E-state index contributed by atoms with van der Waals surface area (Å²) in [6.07, 6.45) is 0. The zero-order valence-electron chi connectivity index (χ0n) is 11.3. The number of hydrogen-bond acceptors (Lipinski definition) is 3. The van der Waals surface area contributed by atoms with E-state index in [1.54, 1.807) is 0 Å². The average molecular weight is 247 g/mol. The molecule has 1 aromatic carbocycles. The number of ether oxygens (including phenoxy) is 1. The number of ketones is 1. The minimum Gasteiger partial charge on any atom is -0.360 e. The minimum atomic E-state index is -0.805. The molecule has 1 saturated heterocycles. The van der Waals surface area contributed by atoms with Crippen LogP contribution in [0.5, 0.6) is 0 Å². The first-order valence-electron chi connectivity index (χ1n) is 6.52. The molecule has 1 N–H and O–H groups in total. The Hall–Kier alpha value is -1.19. The molecule has 0 spiro atoms. The van der Waals surface area contributed by atoms with Gasteiger partial charge < -0.3 is 10.1 Å². The highest BCUT2D eigenvalue weighted by molar-refractivity contribution is 5.90. The minimum absolute atomic E-state index is 0.0359. The standard InChI is InChI=1S/C15H21NO2/c1-11(2)14(17)15(10-16-8-9-18-15)13-6-4-12(3)5-7-13/h4-7,11,16H,8-10H2,1-3H3. The summed E-state index contributed by atoms with van der Waals surface area (Å²) >= 11 is 0. The fraction of sp³-hybridized carbons (Fsp3) is 0.533. The fourth-order valence-electron chi connectivity index (χ4n) is 2.39. The Balaban J connectivity index is 2.41. The van der Waals surface area contributed by atoms with Crippen LogP contribution in [0.2, 0.25) is 0 Å². The van der Waals surface area contributed by atoms with Gasteiger partial charge in [-0.1, -0.05) is 43.7 Å². The van der Waals surface area contributed by atoms with Gasteiger partial charge in [-0.25, -0.2) is 0 Å². The number of hydrogen-bond donors (Lipinski definition) is 1. The van der Waals surface area contributed by atoms with Gasteiger partial charge >= 0.3 is 0 Å². The highest BCUT2D eigenvalue weighted by atomic mass is 16.5. The Bertz CT molecular complexity index is 417. The van der Waals surface area contributed by atoms with Crippen LogP contribution in [0.15, 0.2) is 24.3 Å². The maximum absolute atomic E-state index is 12.5. The highest BCUT2D eigenvalue weighted by Crippen LogP contribution is 2.31. The molecule has 18 heavy (non-hydrogen) atoms. The first-order chi connectivity index (χ1) is 8.56. The van der Waals surface area contributed by atoms with E-state index in [-0.39, 0.29) is 11.7 Å². The average Bonchev–Trinajstić information content (AvgIpc) is 2.39. The van der Waals surface area contributed by atoms with E-state index >= 15 is 0 Å². The van der Waals surface area contributed by atoms with E-state index in [1.807, 2.05) is 45.0 Å². The Labute approximate surface area is 109 Å². The van der Waals surface area contributed by atoms with Crippen molar-refractivity contribution in [2.75, 3.05) is 19.7 Å². The van der Waals surface area contributed by atoms with Crippen LogP contribution in [-0.2, 0) is 15.1 Å². The molecule has 0 radical (unpaired) electrons. The maximum Gasteiger partial charge on any atom is 0.173 e. The quantitative estimate of drug-likeness (QED) is 0.888. The van der Waals surface area contributed by atoms with Gasteiger partial charge in [-0.2, -0.15) is 0 Å². The van der Waals surface area contributed by atoms with E-state index in [4.69, 9.17) is 4.74 Å². The Morgan fingerprint density at radius 3 is 2.50 bits per heavy atom. The van der Waals surface area contributed by atoms with E-state index in [9.17, 15) is 4.79 Å². The predicted octanol–water partition coefficient (Wildman–Crippen LogP) is 2.04. The number of rotatable bonds is 3. The highest BCUT2D eigenvalue weighted by Gasteiger charge is 2.43. The summed E-state index contributed by atoms with van der Waals surface area (Å²) in [7, 11) is 0. The number of Topliss-reactive ketones (excluding diaryl/α,β-unsaturated/α-hetero) is 1. The van der Waals surface area contributed by atoms with E-state index in [2.05, 4.69) is 5.32 Å². The number of carbonyl (C=O) groups excluding carboxylic acids is 1. The molecule has 0 bridgehead atoms. The lowest BCUT2D eigenvalue weighted by Crippen LogP contribution is -2.53. The molecule has 2 rings (SSSR count). The van der Waals surface area contributed by atoms with Crippen molar-refractivity contribution in [2.24, 2.45) is 5.92 Å². The number of aryl methyl sites for hydroxylation is 1.